The van der Waals surface area contributed by atoms with E-state index in [0.717, 1.165) is 12.2 Å². The summed E-state index contributed by atoms with van der Waals surface area (Å²) in [5.74, 6) is -0.167. The first-order valence-electron chi connectivity index (χ1n) is 8.00. The number of piperidine rings is 1. The van der Waals surface area contributed by atoms with Crippen molar-refractivity contribution in [2.45, 2.75) is 32.3 Å². The topological polar surface area (TPSA) is 70.0 Å². The van der Waals surface area contributed by atoms with Crippen LogP contribution < -0.4 is 4.74 Å². The third kappa shape index (κ3) is 4.37. The molecular formula is C17H24ClNO4. The number of aliphatic hydroxyl groups excluding tert-OH is 1. The number of carbonyl (C=O) groups is 1. The maximum Gasteiger partial charge on any atom is 0.313 e. The second kappa shape index (κ2) is 7.99. The highest BCUT2D eigenvalue weighted by atomic mass is 35.5. The number of halogens is 1. The zero-order valence-electron chi connectivity index (χ0n) is 13.4. The van der Waals surface area contributed by atoms with Crippen LogP contribution in [0.3, 0.4) is 0 Å². The fourth-order valence-electron chi connectivity index (χ4n) is 3.19. The molecule has 0 amide bonds. The third-order valence-electron chi connectivity index (χ3n) is 4.47. The number of likely N-dealkylation sites (tertiary alicyclic amines) is 1. The largest absolute Gasteiger partial charge is 0.492 e. The summed E-state index contributed by atoms with van der Waals surface area (Å²) in [6.07, 6.45) is 0.914. The maximum absolute atomic E-state index is 11.7. The van der Waals surface area contributed by atoms with Gasteiger partial charge in [-0.15, -0.1) is 0 Å². The van der Waals surface area contributed by atoms with Gasteiger partial charge in [-0.05, 0) is 37.1 Å². The lowest BCUT2D eigenvalue weighted by Crippen LogP contribution is -2.56. The number of hydrogen-bond acceptors (Lipinski definition) is 4. The summed E-state index contributed by atoms with van der Waals surface area (Å²) in [7, 11) is 0. The Morgan fingerprint density at radius 3 is 2.74 bits per heavy atom. The summed E-state index contributed by atoms with van der Waals surface area (Å²) in [6, 6.07) is 7.15. The fraction of sp³-hybridized carbons (Fsp3) is 0.588. The molecule has 1 saturated heterocycles. The molecular weight excluding hydrogens is 318 g/mol. The minimum atomic E-state index is -1.06. The molecule has 5 nitrogen and oxygen atoms in total. The van der Waals surface area contributed by atoms with E-state index < -0.39 is 17.5 Å². The average Bonchev–Trinajstić information content (AvgIpc) is 2.52. The fourth-order valence-corrected chi connectivity index (χ4v) is 3.31. The first kappa shape index (κ1) is 18.0. The van der Waals surface area contributed by atoms with Crippen LogP contribution in [0, 0.1) is 5.41 Å². The van der Waals surface area contributed by atoms with Crippen LogP contribution in [0.2, 0.25) is 5.02 Å². The van der Waals surface area contributed by atoms with Crippen LogP contribution in [0.5, 0.6) is 5.75 Å². The van der Waals surface area contributed by atoms with E-state index in [4.69, 9.17) is 16.3 Å². The summed E-state index contributed by atoms with van der Waals surface area (Å²) in [5, 5.41) is 20.5. The standard InChI is InChI=1S/C17H24ClNO4/c1-2-8-17(16(21)22)12-19(9-7-15(17)20)10-11-23-14-5-3-13(18)4-6-14/h3-6,15,20H,2,7-12H2,1H3,(H,21,22)/t15-,17+/m1/s1. The van der Waals surface area contributed by atoms with E-state index in [9.17, 15) is 15.0 Å². The second-order valence-electron chi connectivity index (χ2n) is 6.09. The summed E-state index contributed by atoms with van der Waals surface area (Å²) in [6.45, 7) is 4.10. The zero-order chi connectivity index (χ0) is 16.9. The van der Waals surface area contributed by atoms with Gasteiger partial charge in [0, 0.05) is 24.7 Å². The Morgan fingerprint density at radius 1 is 1.43 bits per heavy atom. The molecule has 6 heteroatoms. The molecule has 1 aliphatic rings. The average molecular weight is 342 g/mol. The highest BCUT2D eigenvalue weighted by Gasteiger charge is 2.48. The predicted octanol–water partition coefficient (Wildman–Crippen LogP) is 2.66. The van der Waals surface area contributed by atoms with Crippen molar-refractivity contribution in [3.63, 3.8) is 0 Å². The van der Waals surface area contributed by atoms with Gasteiger partial charge in [0.25, 0.3) is 0 Å². The molecule has 1 aromatic rings. The number of aliphatic hydroxyl groups is 1. The van der Waals surface area contributed by atoms with Crippen molar-refractivity contribution in [2.24, 2.45) is 5.41 Å². The van der Waals surface area contributed by atoms with E-state index in [-0.39, 0.29) is 0 Å². The van der Waals surface area contributed by atoms with Gasteiger partial charge >= 0.3 is 5.97 Å². The molecule has 0 aromatic heterocycles. The van der Waals surface area contributed by atoms with Gasteiger partial charge < -0.3 is 14.9 Å². The van der Waals surface area contributed by atoms with Gasteiger partial charge in [-0.1, -0.05) is 24.9 Å². The molecule has 1 aromatic carbocycles. The highest BCUT2D eigenvalue weighted by molar-refractivity contribution is 6.30. The minimum absolute atomic E-state index is 0.362. The zero-order valence-corrected chi connectivity index (χ0v) is 14.1. The molecule has 2 N–H and O–H groups in total. The van der Waals surface area contributed by atoms with Gasteiger partial charge in [-0.2, -0.15) is 0 Å². The first-order chi connectivity index (χ1) is 11.0. The second-order valence-corrected chi connectivity index (χ2v) is 6.53. The van der Waals surface area contributed by atoms with E-state index >= 15 is 0 Å². The van der Waals surface area contributed by atoms with Gasteiger partial charge in [0.05, 0.1) is 6.10 Å². The number of carboxylic acids is 1. The Kier molecular flexibility index (Phi) is 6.27. The van der Waals surface area contributed by atoms with Gasteiger partial charge in [-0.3, -0.25) is 9.69 Å². The van der Waals surface area contributed by atoms with Crippen LogP contribution in [-0.2, 0) is 4.79 Å². The van der Waals surface area contributed by atoms with Crippen molar-refractivity contribution in [3.8, 4) is 5.75 Å². The van der Waals surface area contributed by atoms with Crippen molar-refractivity contribution in [1.82, 2.24) is 4.90 Å². The molecule has 0 radical (unpaired) electrons. The Morgan fingerprint density at radius 2 is 2.13 bits per heavy atom. The van der Waals surface area contributed by atoms with Gasteiger partial charge in [0.2, 0.25) is 0 Å². The monoisotopic (exact) mass is 341 g/mol. The van der Waals surface area contributed by atoms with Crippen LogP contribution in [-0.4, -0.2) is 53.4 Å². The number of ether oxygens (including phenoxy) is 1. The molecule has 0 saturated carbocycles. The van der Waals surface area contributed by atoms with E-state index in [0.29, 0.717) is 44.1 Å². The van der Waals surface area contributed by atoms with E-state index in [1.54, 1.807) is 24.3 Å². The Balaban J connectivity index is 1.90. The van der Waals surface area contributed by atoms with E-state index in [1.165, 1.54) is 0 Å². The van der Waals surface area contributed by atoms with Crippen molar-refractivity contribution >= 4 is 17.6 Å². The minimum Gasteiger partial charge on any atom is -0.492 e. The van der Waals surface area contributed by atoms with Gasteiger partial charge in [-0.25, -0.2) is 0 Å². The molecule has 23 heavy (non-hydrogen) atoms. The number of carboxylic acid groups (broad SMARTS) is 1. The molecule has 0 bridgehead atoms. The Labute approximate surface area is 141 Å². The molecule has 0 spiro atoms. The quantitative estimate of drug-likeness (QED) is 0.798. The Hall–Kier alpha value is -1.30. The summed E-state index contributed by atoms with van der Waals surface area (Å²) in [5.41, 5.74) is -1.06. The molecule has 1 fully saturated rings. The maximum atomic E-state index is 11.7. The SMILES string of the molecule is CCC[C@]1(C(=O)O)CN(CCOc2ccc(Cl)cc2)CC[C@H]1O. The van der Waals surface area contributed by atoms with E-state index in [2.05, 4.69) is 4.90 Å². The smallest absolute Gasteiger partial charge is 0.313 e. The number of nitrogens with zero attached hydrogens (tertiary/aromatic N) is 1. The lowest BCUT2D eigenvalue weighted by Gasteiger charge is -2.43. The molecule has 128 valence electrons. The molecule has 1 aliphatic heterocycles. The molecule has 1 heterocycles. The normalized spacial score (nSPS) is 25.3. The Bertz CT molecular complexity index is 522. The lowest BCUT2D eigenvalue weighted by molar-refractivity contribution is -0.164. The number of aliphatic carboxylic acids is 1. The number of benzene rings is 1. The van der Waals surface area contributed by atoms with Crippen molar-refractivity contribution in [3.05, 3.63) is 29.3 Å². The highest BCUT2D eigenvalue weighted by Crippen LogP contribution is 2.35. The van der Waals surface area contributed by atoms with Crippen LogP contribution in [0.15, 0.2) is 24.3 Å². The lowest BCUT2D eigenvalue weighted by atomic mass is 9.74. The number of hydrogen-bond donors (Lipinski definition) is 2. The van der Waals surface area contributed by atoms with E-state index in [1.807, 2.05) is 6.92 Å². The molecule has 0 unspecified atom stereocenters. The van der Waals surface area contributed by atoms with Crippen LogP contribution >= 0.6 is 11.6 Å². The molecule has 2 rings (SSSR count). The molecule has 2 atom stereocenters. The summed E-state index contributed by atoms with van der Waals surface area (Å²) >= 11 is 5.83. The summed E-state index contributed by atoms with van der Waals surface area (Å²) in [4.78, 5) is 13.8. The summed E-state index contributed by atoms with van der Waals surface area (Å²) < 4.78 is 5.67. The third-order valence-corrected chi connectivity index (χ3v) is 4.73. The van der Waals surface area contributed by atoms with Crippen LogP contribution in [0.25, 0.3) is 0 Å². The van der Waals surface area contributed by atoms with Crippen LogP contribution in [0.1, 0.15) is 26.2 Å². The van der Waals surface area contributed by atoms with Crippen LogP contribution in [0.4, 0.5) is 0 Å². The molecule has 0 aliphatic carbocycles. The van der Waals surface area contributed by atoms with Gasteiger partial charge in [0.1, 0.15) is 17.8 Å². The number of rotatable bonds is 7. The van der Waals surface area contributed by atoms with Crippen molar-refractivity contribution < 1.29 is 19.7 Å². The predicted molar refractivity (Wildman–Crippen MR) is 89.0 cm³/mol. The van der Waals surface area contributed by atoms with Crippen molar-refractivity contribution in [1.29, 1.82) is 0 Å². The first-order valence-corrected chi connectivity index (χ1v) is 8.38. The van der Waals surface area contributed by atoms with Gasteiger partial charge in [0.15, 0.2) is 0 Å². The van der Waals surface area contributed by atoms with Crippen molar-refractivity contribution in [2.75, 3.05) is 26.2 Å².